The highest BCUT2D eigenvalue weighted by Crippen LogP contribution is 2.34. The van der Waals surface area contributed by atoms with Crippen molar-refractivity contribution < 1.29 is 31.9 Å². The van der Waals surface area contributed by atoms with Crippen LogP contribution in [0.1, 0.15) is 22.8 Å². The third-order valence-corrected chi connectivity index (χ3v) is 5.06. The minimum absolute atomic E-state index is 0.134. The number of ether oxygens (including phenoxy) is 1. The van der Waals surface area contributed by atoms with Gasteiger partial charge in [0.25, 0.3) is 0 Å². The van der Waals surface area contributed by atoms with E-state index >= 15 is 0 Å². The van der Waals surface area contributed by atoms with E-state index in [1.807, 2.05) is 0 Å². The van der Waals surface area contributed by atoms with Crippen LogP contribution in [0.15, 0.2) is 55.0 Å². The highest BCUT2D eigenvalue weighted by atomic mass is 19.4. The zero-order chi connectivity index (χ0) is 26.0. The number of fused-ring (bicyclic) bond motifs is 1. The maximum atomic E-state index is 13.5. The number of nitrogens with two attached hydrogens (primary N) is 1. The second kappa shape index (κ2) is 9.52. The van der Waals surface area contributed by atoms with Crippen molar-refractivity contribution >= 4 is 34.7 Å². The molecule has 13 heteroatoms. The highest BCUT2D eigenvalue weighted by Gasteiger charge is 2.34. The number of nitrogen functional groups attached to an aromatic ring is 1. The highest BCUT2D eigenvalue weighted by molar-refractivity contribution is 6.05. The van der Waals surface area contributed by atoms with Gasteiger partial charge in [0.1, 0.15) is 17.7 Å². The molecule has 0 radical (unpaired) electrons. The Morgan fingerprint density at radius 2 is 1.75 bits per heavy atom. The van der Waals surface area contributed by atoms with Crippen molar-refractivity contribution in [1.29, 1.82) is 0 Å². The lowest BCUT2D eigenvalue weighted by molar-refractivity contribution is -0.139. The smallest absolute Gasteiger partial charge is 0.419 e. The minimum Gasteiger partial charge on any atom is -0.462 e. The SMILES string of the molecule is CCOC(=O)c1cn2ncnc(N)c2c1-c1ccc(NC(=O)Nc2ccc(F)c(C(F)(F)F)c2)cc1. The largest absolute Gasteiger partial charge is 0.462 e. The fourth-order valence-corrected chi connectivity index (χ4v) is 3.52. The summed E-state index contributed by atoms with van der Waals surface area (Å²) in [4.78, 5) is 28.8. The number of urea groups is 1. The summed E-state index contributed by atoms with van der Waals surface area (Å²) in [5.74, 6) is -1.90. The number of esters is 1. The summed E-state index contributed by atoms with van der Waals surface area (Å²) in [5, 5.41) is 8.77. The Bertz CT molecular complexity index is 1450. The molecular formula is C23H18F4N6O3. The molecule has 0 fully saturated rings. The molecule has 36 heavy (non-hydrogen) atoms. The molecule has 0 aliphatic heterocycles. The van der Waals surface area contributed by atoms with Gasteiger partial charge >= 0.3 is 18.2 Å². The van der Waals surface area contributed by atoms with E-state index in [0.29, 0.717) is 34.5 Å². The number of benzene rings is 2. The Morgan fingerprint density at radius 3 is 2.42 bits per heavy atom. The summed E-state index contributed by atoms with van der Waals surface area (Å²) in [7, 11) is 0. The van der Waals surface area contributed by atoms with E-state index in [0.717, 1.165) is 6.07 Å². The van der Waals surface area contributed by atoms with E-state index in [1.165, 1.54) is 29.2 Å². The maximum Gasteiger partial charge on any atom is 0.419 e. The molecule has 9 nitrogen and oxygen atoms in total. The molecule has 2 amide bonds. The monoisotopic (exact) mass is 502 g/mol. The van der Waals surface area contributed by atoms with Gasteiger partial charge in [-0.2, -0.15) is 18.3 Å². The van der Waals surface area contributed by atoms with E-state index in [-0.39, 0.29) is 23.7 Å². The topological polar surface area (TPSA) is 124 Å². The van der Waals surface area contributed by atoms with Gasteiger partial charge in [-0.25, -0.2) is 23.5 Å². The average Bonchev–Trinajstić information content (AvgIpc) is 3.21. The van der Waals surface area contributed by atoms with E-state index in [1.54, 1.807) is 19.1 Å². The molecule has 2 heterocycles. The molecule has 0 aliphatic carbocycles. The summed E-state index contributed by atoms with van der Waals surface area (Å²) in [6.45, 7) is 1.82. The first kappa shape index (κ1) is 24.4. The molecular weight excluding hydrogens is 484 g/mol. The fourth-order valence-electron chi connectivity index (χ4n) is 3.52. The summed E-state index contributed by atoms with van der Waals surface area (Å²) >= 11 is 0. The molecule has 0 saturated carbocycles. The van der Waals surface area contributed by atoms with Gasteiger partial charge < -0.3 is 21.1 Å². The number of carbonyl (C=O) groups is 2. The molecule has 186 valence electrons. The first-order valence-corrected chi connectivity index (χ1v) is 10.4. The standard InChI is InChI=1S/C23H18F4N6O3/c1-2-36-21(34)15-10-33-19(20(28)29-11-30-33)18(15)12-3-5-13(6-4-12)31-22(35)32-14-7-8-17(24)16(9-14)23(25,26)27/h3-11H,2H2,1H3,(H2,28,29,30)(H2,31,32,35). The van der Waals surface area contributed by atoms with Crippen LogP contribution in [0.4, 0.5) is 39.5 Å². The van der Waals surface area contributed by atoms with E-state index in [2.05, 4.69) is 20.7 Å². The quantitative estimate of drug-likeness (QED) is 0.262. The van der Waals surface area contributed by atoms with E-state index < -0.39 is 29.6 Å². The lowest BCUT2D eigenvalue weighted by atomic mass is 10.0. The molecule has 0 bridgehead atoms. The van der Waals surface area contributed by atoms with Gasteiger partial charge in [-0.3, -0.25) is 0 Å². The van der Waals surface area contributed by atoms with Crippen LogP contribution in [0.5, 0.6) is 0 Å². The van der Waals surface area contributed by atoms with Crippen LogP contribution >= 0.6 is 0 Å². The molecule has 0 atom stereocenters. The molecule has 0 unspecified atom stereocenters. The van der Waals surface area contributed by atoms with Crippen molar-refractivity contribution in [3.05, 3.63) is 71.9 Å². The first-order chi connectivity index (χ1) is 17.1. The van der Waals surface area contributed by atoms with Gasteiger partial charge in [-0.15, -0.1) is 0 Å². The summed E-state index contributed by atoms with van der Waals surface area (Å²) in [6.07, 6.45) is -2.20. The number of nitrogens with zero attached hydrogens (tertiary/aromatic N) is 3. The van der Waals surface area contributed by atoms with Crippen LogP contribution in [-0.4, -0.2) is 33.2 Å². The Kier molecular flexibility index (Phi) is 6.47. The number of amides is 2. The Labute approximate surface area is 200 Å². The van der Waals surface area contributed by atoms with Crippen molar-refractivity contribution in [2.75, 3.05) is 23.0 Å². The molecule has 2 aromatic carbocycles. The maximum absolute atomic E-state index is 13.5. The van der Waals surface area contributed by atoms with Gasteiger partial charge in [0.15, 0.2) is 5.82 Å². The predicted octanol–water partition coefficient (Wildman–Crippen LogP) is 4.96. The third-order valence-electron chi connectivity index (χ3n) is 5.06. The molecule has 4 aromatic rings. The number of nitrogens with one attached hydrogen (secondary N) is 2. The zero-order valence-electron chi connectivity index (χ0n) is 18.6. The van der Waals surface area contributed by atoms with Crippen LogP contribution in [-0.2, 0) is 10.9 Å². The lowest BCUT2D eigenvalue weighted by Gasteiger charge is -2.12. The third kappa shape index (κ3) is 4.89. The van der Waals surface area contributed by atoms with Gasteiger partial charge in [0, 0.05) is 23.1 Å². The average molecular weight is 502 g/mol. The van der Waals surface area contributed by atoms with Crippen LogP contribution in [0.2, 0.25) is 0 Å². The minimum atomic E-state index is -4.91. The molecule has 0 spiro atoms. The van der Waals surface area contributed by atoms with Crippen LogP contribution in [0.3, 0.4) is 0 Å². The Morgan fingerprint density at radius 1 is 1.08 bits per heavy atom. The second-order valence-electron chi connectivity index (χ2n) is 7.43. The van der Waals surface area contributed by atoms with E-state index in [4.69, 9.17) is 10.5 Å². The van der Waals surface area contributed by atoms with Crippen molar-refractivity contribution in [2.45, 2.75) is 13.1 Å². The molecule has 0 saturated heterocycles. The zero-order valence-corrected chi connectivity index (χ0v) is 18.6. The Balaban J connectivity index is 1.58. The van der Waals surface area contributed by atoms with Gasteiger partial charge in [-0.1, -0.05) is 12.1 Å². The van der Waals surface area contributed by atoms with Crippen molar-refractivity contribution in [1.82, 2.24) is 14.6 Å². The van der Waals surface area contributed by atoms with E-state index in [9.17, 15) is 27.2 Å². The first-order valence-electron chi connectivity index (χ1n) is 10.4. The number of carbonyl (C=O) groups excluding carboxylic acids is 2. The summed E-state index contributed by atoms with van der Waals surface area (Å²) in [5.41, 5.74) is 6.13. The molecule has 4 rings (SSSR count). The Hall–Kier alpha value is -4.68. The number of anilines is 3. The number of hydrogen-bond donors (Lipinski definition) is 3. The number of rotatable bonds is 5. The van der Waals surface area contributed by atoms with Gasteiger partial charge in [0.05, 0.1) is 17.7 Å². The second-order valence-corrected chi connectivity index (χ2v) is 7.43. The number of aromatic nitrogens is 3. The van der Waals surface area contributed by atoms with Crippen LogP contribution in [0, 0.1) is 5.82 Å². The summed E-state index contributed by atoms with van der Waals surface area (Å²) in [6, 6.07) is 7.50. The number of halogens is 4. The van der Waals surface area contributed by atoms with Crippen molar-refractivity contribution in [3.63, 3.8) is 0 Å². The molecule has 2 aromatic heterocycles. The lowest BCUT2D eigenvalue weighted by Crippen LogP contribution is -2.20. The van der Waals surface area contributed by atoms with Crippen LogP contribution in [0.25, 0.3) is 16.6 Å². The number of hydrogen-bond acceptors (Lipinski definition) is 6. The van der Waals surface area contributed by atoms with Crippen molar-refractivity contribution in [3.8, 4) is 11.1 Å². The summed E-state index contributed by atoms with van der Waals surface area (Å²) < 4.78 is 58.7. The van der Waals surface area contributed by atoms with Gasteiger partial charge in [-0.05, 0) is 42.8 Å². The predicted molar refractivity (Wildman–Crippen MR) is 123 cm³/mol. The normalized spacial score (nSPS) is 11.4. The van der Waals surface area contributed by atoms with Crippen molar-refractivity contribution in [2.24, 2.45) is 0 Å². The van der Waals surface area contributed by atoms with Gasteiger partial charge in [0.2, 0.25) is 0 Å². The van der Waals surface area contributed by atoms with Crippen LogP contribution < -0.4 is 16.4 Å². The molecule has 0 aliphatic rings. The molecule has 4 N–H and O–H groups in total. The number of alkyl halides is 3. The fraction of sp³-hybridized carbons (Fsp3) is 0.130.